The van der Waals surface area contributed by atoms with E-state index in [2.05, 4.69) is 13.8 Å². The van der Waals surface area contributed by atoms with Crippen LogP contribution in [0, 0.1) is 46.3 Å². The molecule has 0 unspecified atom stereocenters. The number of ether oxygens (including phenoxy) is 2. The largest absolute Gasteiger partial charge is 0.481 e. The highest BCUT2D eigenvalue weighted by Gasteiger charge is 2.73. The SMILES string of the molecule is CC(=O)OC1(OC(C)=O)C[C@@H](O)C[C@H]2C[C@H](O)[C@H]3[C@@H]4CC[C@H]([C@H](C)CCC(=O)O)[C@@]4(C)[C@@H](O)C[C@@H]3[C@]21C. The monoisotopic (exact) mass is 524 g/mol. The highest BCUT2D eigenvalue weighted by Crippen LogP contribution is 2.70. The van der Waals surface area contributed by atoms with Gasteiger partial charge in [0.15, 0.2) is 0 Å². The van der Waals surface area contributed by atoms with Crippen LogP contribution in [0.3, 0.4) is 0 Å². The maximum absolute atomic E-state index is 12.3. The molecule has 0 aromatic heterocycles. The minimum absolute atomic E-state index is 0.0227. The Morgan fingerprint density at radius 2 is 1.57 bits per heavy atom. The number of carboxylic acid groups (broad SMARTS) is 1. The second kappa shape index (κ2) is 9.79. The Morgan fingerprint density at radius 1 is 0.946 bits per heavy atom. The Kier molecular flexibility index (Phi) is 7.49. The Balaban J connectivity index is 1.76. The van der Waals surface area contributed by atoms with Crippen LogP contribution in [0.2, 0.25) is 0 Å². The van der Waals surface area contributed by atoms with Gasteiger partial charge in [-0.3, -0.25) is 14.4 Å². The molecule has 37 heavy (non-hydrogen) atoms. The third-order valence-electron chi connectivity index (χ3n) is 11.1. The number of esters is 2. The van der Waals surface area contributed by atoms with Gasteiger partial charge in [-0.2, -0.15) is 0 Å². The number of carboxylic acids is 1. The fourth-order valence-corrected chi connectivity index (χ4v) is 9.58. The van der Waals surface area contributed by atoms with Crippen molar-refractivity contribution >= 4 is 17.9 Å². The van der Waals surface area contributed by atoms with Crippen LogP contribution in [0.1, 0.15) is 86.0 Å². The van der Waals surface area contributed by atoms with E-state index in [1.54, 1.807) is 0 Å². The lowest BCUT2D eigenvalue weighted by Gasteiger charge is -2.66. The number of carbonyl (C=O) groups excluding carboxylic acids is 2. The summed E-state index contributed by atoms with van der Waals surface area (Å²) in [7, 11) is 0. The predicted molar refractivity (Wildman–Crippen MR) is 132 cm³/mol. The Hall–Kier alpha value is -1.71. The normalized spacial score (nSPS) is 45.1. The predicted octanol–water partition coefficient (Wildman–Crippen LogP) is 2.88. The van der Waals surface area contributed by atoms with Crippen LogP contribution in [0.25, 0.3) is 0 Å². The summed E-state index contributed by atoms with van der Waals surface area (Å²) in [5.74, 6) is -4.38. The van der Waals surface area contributed by atoms with Gasteiger partial charge >= 0.3 is 17.9 Å². The number of aliphatic hydroxyl groups is 3. The molecular weight excluding hydrogens is 480 g/mol. The fraction of sp³-hybridized carbons (Fsp3) is 0.893. The molecule has 4 aliphatic carbocycles. The van der Waals surface area contributed by atoms with Gasteiger partial charge in [0.25, 0.3) is 5.79 Å². The first-order valence-electron chi connectivity index (χ1n) is 13.8. The van der Waals surface area contributed by atoms with Crippen molar-refractivity contribution in [3.63, 3.8) is 0 Å². The van der Waals surface area contributed by atoms with E-state index in [9.17, 15) is 34.8 Å². The molecule has 0 bridgehead atoms. The van der Waals surface area contributed by atoms with Crippen LogP contribution in [-0.4, -0.2) is 62.4 Å². The Bertz CT molecular complexity index is 903. The fourth-order valence-electron chi connectivity index (χ4n) is 9.58. The zero-order valence-corrected chi connectivity index (χ0v) is 22.7. The van der Waals surface area contributed by atoms with E-state index in [1.165, 1.54) is 13.8 Å². The van der Waals surface area contributed by atoms with Crippen LogP contribution in [-0.2, 0) is 23.9 Å². The summed E-state index contributed by atoms with van der Waals surface area (Å²) in [4.78, 5) is 35.9. The van der Waals surface area contributed by atoms with Crippen LogP contribution in [0.4, 0.5) is 0 Å². The zero-order valence-electron chi connectivity index (χ0n) is 22.7. The van der Waals surface area contributed by atoms with Gasteiger partial charge in [0.1, 0.15) is 0 Å². The van der Waals surface area contributed by atoms with Crippen LogP contribution < -0.4 is 0 Å². The quantitative estimate of drug-likeness (QED) is 0.304. The lowest BCUT2D eigenvalue weighted by atomic mass is 9.41. The molecule has 0 aromatic rings. The molecule has 0 saturated heterocycles. The van der Waals surface area contributed by atoms with E-state index in [0.717, 1.165) is 12.8 Å². The van der Waals surface area contributed by atoms with Gasteiger partial charge in [-0.1, -0.05) is 20.8 Å². The minimum Gasteiger partial charge on any atom is -0.481 e. The van der Waals surface area contributed by atoms with Crippen LogP contribution >= 0.6 is 0 Å². The number of aliphatic hydroxyl groups excluding tert-OH is 3. The van der Waals surface area contributed by atoms with Crippen molar-refractivity contribution in [2.45, 2.75) is 110 Å². The third kappa shape index (κ3) is 4.39. The highest BCUT2D eigenvalue weighted by molar-refractivity contribution is 5.69. The molecule has 4 aliphatic rings. The summed E-state index contributed by atoms with van der Waals surface area (Å²) >= 11 is 0. The first-order valence-corrected chi connectivity index (χ1v) is 13.8. The maximum Gasteiger partial charge on any atom is 0.305 e. The molecule has 210 valence electrons. The molecule has 0 heterocycles. The lowest BCUT2D eigenvalue weighted by Crippen LogP contribution is -2.71. The molecule has 0 amide bonds. The first kappa shape index (κ1) is 28.3. The van der Waals surface area contributed by atoms with Gasteiger partial charge in [0.05, 0.1) is 30.1 Å². The summed E-state index contributed by atoms with van der Waals surface area (Å²) in [5.41, 5.74) is -1.41. The summed E-state index contributed by atoms with van der Waals surface area (Å²) in [6, 6.07) is 0. The summed E-state index contributed by atoms with van der Waals surface area (Å²) in [6.07, 6.45) is 1.03. The molecule has 4 fully saturated rings. The number of hydrogen-bond donors (Lipinski definition) is 4. The summed E-state index contributed by atoms with van der Waals surface area (Å²) in [6.45, 7) is 8.60. The maximum atomic E-state index is 12.3. The van der Waals surface area contributed by atoms with Gasteiger partial charge in [0.2, 0.25) is 0 Å². The molecule has 4 rings (SSSR count). The smallest absolute Gasteiger partial charge is 0.305 e. The molecule has 9 heteroatoms. The molecule has 4 saturated carbocycles. The average molecular weight is 525 g/mol. The molecule has 11 atom stereocenters. The second-order valence-electron chi connectivity index (χ2n) is 12.8. The van der Waals surface area contributed by atoms with Crippen molar-refractivity contribution in [3.8, 4) is 0 Å². The summed E-state index contributed by atoms with van der Waals surface area (Å²) in [5, 5.41) is 43.3. The van der Waals surface area contributed by atoms with Crippen molar-refractivity contribution in [1.29, 1.82) is 0 Å². The van der Waals surface area contributed by atoms with E-state index in [1.807, 2.05) is 6.92 Å². The van der Waals surface area contributed by atoms with Gasteiger partial charge in [-0.05, 0) is 79.4 Å². The molecule has 0 aromatic carbocycles. The number of fused-ring (bicyclic) bond motifs is 5. The van der Waals surface area contributed by atoms with Crippen LogP contribution in [0.15, 0.2) is 0 Å². The molecule has 0 spiro atoms. The van der Waals surface area contributed by atoms with Gasteiger partial charge in [-0.15, -0.1) is 0 Å². The Morgan fingerprint density at radius 3 is 2.14 bits per heavy atom. The van der Waals surface area contributed by atoms with Crippen molar-refractivity contribution in [2.24, 2.45) is 46.3 Å². The van der Waals surface area contributed by atoms with Gasteiger partial charge < -0.3 is 29.9 Å². The lowest BCUT2D eigenvalue weighted by molar-refractivity contribution is -0.344. The number of hydrogen-bond acceptors (Lipinski definition) is 8. The molecule has 9 nitrogen and oxygen atoms in total. The van der Waals surface area contributed by atoms with Gasteiger partial charge in [-0.25, -0.2) is 0 Å². The highest BCUT2D eigenvalue weighted by atomic mass is 16.7. The molecule has 0 radical (unpaired) electrons. The summed E-state index contributed by atoms with van der Waals surface area (Å²) < 4.78 is 11.7. The third-order valence-corrected chi connectivity index (χ3v) is 11.1. The minimum atomic E-state index is -1.70. The number of carbonyl (C=O) groups is 3. The van der Waals surface area contributed by atoms with Crippen molar-refractivity contribution in [1.82, 2.24) is 0 Å². The van der Waals surface area contributed by atoms with Gasteiger partial charge in [0, 0.05) is 20.3 Å². The molecular formula is C28H44O9. The second-order valence-corrected chi connectivity index (χ2v) is 12.8. The molecule has 0 aliphatic heterocycles. The van der Waals surface area contributed by atoms with E-state index in [4.69, 9.17) is 9.47 Å². The Labute approximate surface area is 218 Å². The zero-order chi connectivity index (χ0) is 27.5. The van der Waals surface area contributed by atoms with Crippen molar-refractivity contribution in [3.05, 3.63) is 0 Å². The molecule has 4 N–H and O–H groups in total. The van der Waals surface area contributed by atoms with Crippen LogP contribution in [0.5, 0.6) is 0 Å². The number of aliphatic carboxylic acids is 1. The van der Waals surface area contributed by atoms with Crippen molar-refractivity contribution < 1.29 is 44.3 Å². The number of rotatable bonds is 6. The average Bonchev–Trinajstić information content (AvgIpc) is 3.12. The standard InChI is InChI=1S/C28H44O9/c1-14(6-9-24(34)35)19-7-8-20-25-21(12-23(33)26(19,20)4)27(5)17(11-22(25)32)10-18(31)13-28(27,36-15(2)29)37-16(3)30/h14,17-23,25,31-33H,6-13H2,1-5H3,(H,34,35)/t14-,17+,18+,19-,20+,21+,22+,23+,25+,26-,27+/m1/s1. The van der Waals surface area contributed by atoms with E-state index < -0.39 is 52.8 Å². The van der Waals surface area contributed by atoms with Crippen molar-refractivity contribution in [2.75, 3.05) is 0 Å². The first-order chi connectivity index (χ1) is 17.2. The van der Waals surface area contributed by atoms with E-state index >= 15 is 0 Å². The topological polar surface area (TPSA) is 151 Å². The van der Waals surface area contributed by atoms with E-state index in [-0.39, 0.29) is 48.3 Å². The van der Waals surface area contributed by atoms with E-state index in [0.29, 0.717) is 25.7 Å².